The summed E-state index contributed by atoms with van der Waals surface area (Å²) >= 11 is 0. The first-order valence-electron chi connectivity index (χ1n) is 11.3. The molecule has 3 aromatic rings. The topological polar surface area (TPSA) is 12.5 Å². The van der Waals surface area contributed by atoms with Crippen molar-refractivity contribution >= 4 is 11.1 Å². The van der Waals surface area contributed by atoms with Crippen molar-refractivity contribution in [1.29, 1.82) is 0 Å². The smallest absolute Gasteiger partial charge is 0.119 e. The molecule has 0 saturated carbocycles. The number of rotatable bonds is 9. The maximum atomic E-state index is 5.91. The van der Waals surface area contributed by atoms with Gasteiger partial charge in [0.25, 0.3) is 0 Å². The first kappa shape index (κ1) is 22.8. The van der Waals surface area contributed by atoms with Crippen LogP contribution in [0.4, 0.5) is 0 Å². The van der Waals surface area contributed by atoms with Crippen LogP contribution in [0.5, 0.6) is 5.75 Å². The summed E-state index contributed by atoms with van der Waals surface area (Å²) in [7, 11) is 4.12. The Hall–Kier alpha value is -2.84. The summed E-state index contributed by atoms with van der Waals surface area (Å²) in [5, 5.41) is 0. The minimum absolute atomic E-state index is 0.539. The molecule has 0 saturated heterocycles. The van der Waals surface area contributed by atoms with E-state index in [9.17, 15) is 0 Å². The van der Waals surface area contributed by atoms with Gasteiger partial charge in [0, 0.05) is 6.54 Å². The van der Waals surface area contributed by atoms with Gasteiger partial charge in [0.15, 0.2) is 0 Å². The second-order valence-corrected chi connectivity index (χ2v) is 8.53. The highest BCUT2D eigenvalue weighted by atomic mass is 16.5. The van der Waals surface area contributed by atoms with Crippen LogP contribution in [0.15, 0.2) is 78.9 Å². The molecule has 2 nitrogen and oxygen atoms in total. The van der Waals surface area contributed by atoms with E-state index in [0.29, 0.717) is 12.5 Å². The minimum atomic E-state index is 0.539. The zero-order valence-corrected chi connectivity index (χ0v) is 19.6. The zero-order valence-electron chi connectivity index (χ0n) is 19.6. The largest absolute Gasteiger partial charge is 0.492 e. The Kier molecular flexibility index (Phi) is 8.08. The van der Waals surface area contributed by atoms with Crippen LogP contribution in [0, 0.1) is 0 Å². The van der Waals surface area contributed by atoms with Crippen molar-refractivity contribution in [3.05, 3.63) is 101 Å². The molecule has 0 fully saturated rings. The van der Waals surface area contributed by atoms with Crippen molar-refractivity contribution < 1.29 is 4.74 Å². The highest BCUT2D eigenvalue weighted by Crippen LogP contribution is 2.35. The van der Waals surface area contributed by atoms with Crippen LogP contribution in [0.1, 0.15) is 55.4 Å². The molecule has 0 aliphatic carbocycles. The third-order valence-corrected chi connectivity index (χ3v) is 5.59. The van der Waals surface area contributed by atoms with Crippen LogP contribution in [-0.2, 0) is 0 Å². The average Bonchev–Trinajstić information content (AvgIpc) is 2.78. The van der Waals surface area contributed by atoms with Gasteiger partial charge in [0.1, 0.15) is 12.4 Å². The van der Waals surface area contributed by atoms with Crippen molar-refractivity contribution in [3.63, 3.8) is 0 Å². The Balaban J connectivity index is 2.01. The van der Waals surface area contributed by atoms with Gasteiger partial charge >= 0.3 is 0 Å². The zero-order chi connectivity index (χ0) is 22.2. The Morgan fingerprint density at radius 2 is 1.35 bits per heavy atom. The fraction of sp³-hybridized carbons (Fsp3) is 0.310. The van der Waals surface area contributed by atoms with Gasteiger partial charge in [-0.15, -0.1) is 0 Å². The number of nitrogens with zero attached hydrogens (tertiary/aromatic N) is 1. The van der Waals surface area contributed by atoms with Gasteiger partial charge in [-0.1, -0.05) is 87.5 Å². The van der Waals surface area contributed by atoms with Gasteiger partial charge in [-0.2, -0.15) is 0 Å². The lowest BCUT2D eigenvalue weighted by atomic mass is 9.87. The molecule has 0 spiro atoms. The van der Waals surface area contributed by atoms with Crippen molar-refractivity contribution in [1.82, 2.24) is 4.90 Å². The van der Waals surface area contributed by atoms with Crippen molar-refractivity contribution in [2.75, 3.05) is 27.2 Å². The lowest BCUT2D eigenvalue weighted by Crippen LogP contribution is -2.19. The third-order valence-electron chi connectivity index (χ3n) is 5.59. The van der Waals surface area contributed by atoms with E-state index < -0.39 is 0 Å². The molecule has 0 aliphatic rings. The molecule has 0 heterocycles. The highest BCUT2D eigenvalue weighted by Gasteiger charge is 2.13. The quantitative estimate of drug-likeness (QED) is 0.346. The van der Waals surface area contributed by atoms with E-state index in [4.69, 9.17) is 4.74 Å². The molecule has 162 valence electrons. The number of allylic oxidation sites excluding steroid dienone is 1. The molecular weight excluding hydrogens is 378 g/mol. The van der Waals surface area contributed by atoms with Crippen LogP contribution in [0.3, 0.4) is 0 Å². The summed E-state index contributed by atoms with van der Waals surface area (Å²) in [6.45, 7) is 8.32. The molecule has 2 heteroatoms. The molecular formula is C29H35NO. The van der Waals surface area contributed by atoms with E-state index in [0.717, 1.165) is 18.7 Å². The predicted molar refractivity (Wildman–Crippen MR) is 134 cm³/mol. The Bertz CT molecular complexity index is 968. The van der Waals surface area contributed by atoms with Crippen LogP contribution in [0.2, 0.25) is 0 Å². The maximum Gasteiger partial charge on any atom is 0.119 e. The fourth-order valence-corrected chi connectivity index (χ4v) is 3.78. The molecule has 0 atom stereocenters. The molecule has 3 rings (SSSR count). The lowest BCUT2D eigenvalue weighted by Gasteiger charge is -2.18. The minimum Gasteiger partial charge on any atom is -0.492 e. The van der Waals surface area contributed by atoms with E-state index in [2.05, 4.69) is 119 Å². The van der Waals surface area contributed by atoms with Crippen LogP contribution in [-0.4, -0.2) is 32.1 Å². The lowest BCUT2D eigenvalue weighted by molar-refractivity contribution is 0.261. The summed E-state index contributed by atoms with van der Waals surface area (Å²) in [4.78, 5) is 2.13. The Morgan fingerprint density at radius 1 is 0.774 bits per heavy atom. The standard InChI is InChI=1S/C29H35NO/c1-6-28(24-14-12-23(13-15-24)22(2)3)29(25-10-8-7-9-11-25)26-16-18-27(19-17-26)31-21-20-30(4)5/h7-19,22H,6,20-21H2,1-5H3/b29-28+. The number of likely N-dealkylation sites (N-methyl/N-ethyl adjacent to an activating group) is 1. The van der Waals surface area contributed by atoms with Crippen molar-refractivity contribution in [3.8, 4) is 5.75 Å². The van der Waals surface area contributed by atoms with Gasteiger partial charge in [-0.3, -0.25) is 0 Å². The fourth-order valence-electron chi connectivity index (χ4n) is 3.78. The summed E-state index contributed by atoms with van der Waals surface area (Å²) in [6.07, 6.45) is 0.965. The van der Waals surface area contributed by atoms with E-state index in [1.54, 1.807) is 0 Å². The summed E-state index contributed by atoms with van der Waals surface area (Å²) in [5.41, 5.74) is 7.78. The molecule has 0 aromatic heterocycles. The maximum absolute atomic E-state index is 5.91. The highest BCUT2D eigenvalue weighted by molar-refractivity contribution is 5.98. The third kappa shape index (κ3) is 6.08. The predicted octanol–water partition coefficient (Wildman–Crippen LogP) is 7.12. The molecule has 0 radical (unpaired) electrons. The van der Waals surface area contributed by atoms with E-state index in [1.807, 2.05) is 0 Å². The Labute approximate surface area is 188 Å². The number of benzene rings is 3. The van der Waals surface area contributed by atoms with Crippen molar-refractivity contribution in [2.24, 2.45) is 0 Å². The molecule has 3 aromatic carbocycles. The first-order chi connectivity index (χ1) is 15.0. The average molecular weight is 414 g/mol. The van der Waals surface area contributed by atoms with E-state index in [1.165, 1.54) is 33.4 Å². The number of hydrogen-bond acceptors (Lipinski definition) is 2. The summed E-state index contributed by atoms with van der Waals surface area (Å²) < 4.78 is 5.91. The van der Waals surface area contributed by atoms with Gasteiger partial charge in [-0.25, -0.2) is 0 Å². The first-order valence-corrected chi connectivity index (χ1v) is 11.3. The van der Waals surface area contributed by atoms with Crippen molar-refractivity contribution in [2.45, 2.75) is 33.1 Å². The second kappa shape index (κ2) is 11.0. The molecule has 0 aliphatic heterocycles. The summed E-state index contributed by atoms with van der Waals surface area (Å²) in [5.74, 6) is 1.45. The monoisotopic (exact) mass is 413 g/mol. The normalized spacial score (nSPS) is 12.2. The van der Waals surface area contributed by atoms with Gasteiger partial charge in [0.05, 0.1) is 0 Å². The van der Waals surface area contributed by atoms with Crippen LogP contribution >= 0.6 is 0 Å². The molecule has 0 N–H and O–H groups in total. The van der Waals surface area contributed by atoms with E-state index in [-0.39, 0.29) is 0 Å². The second-order valence-electron chi connectivity index (χ2n) is 8.53. The molecule has 0 unspecified atom stereocenters. The summed E-state index contributed by atoms with van der Waals surface area (Å²) in [6, 6.07) is 28.3. The molecule has 31 heavy (non-hydrogen) atoms. The SMILES string of the molecule is CC/C(=C(/c1ccccc1)c1ccc(OCCN(C)C)cc1)c1ccc(C(C)C)cc1. The molecule has 0 bridgehead atoms. The van der Waals surface area contributed by atoms with Gasteiger partial charge in [-0.05, 0) is 72.0 Å². The molecule has 0 amide bonds. The Morgan fingerprint density at radius 3 is 1.90 bits per heavy atom. The van der Waals surface area contributed by atoms with E-state index >= 15 is 0 Å². The van der Waals surface area contributed by atoms with Gasteiger partial charge < -0.3 is 9.64 Å². The van der Waals surface area contributed by atoms with Gasteiger partial charge in [0.2, 0.25) is 0 Å². The number of ether oxygens (including phenoxy) is 1. The van der Waals surface area contributed by atoms with Crippen LogP contribution in [0.25, 0.3) is 11.1 Å². The number of hydrogen-bond donors (Lipinski definition) is 0. The van der Waals surface area contributed by atoms with Crippen LogP contribution < -0.4 is 4.74 Å².